The molecule has 0 radical (unpaired) electrons. The number of thioether (sulfide) groups is 1. The van der Waals surface area contributed by atoms with Crippen LogP contribution in [-0.4, -0.2) is 22.4 Å². The Morgan fingerprint density at radius 1 is 1.06 bits per heavy atom. The van der Waals surface area contributed by atoms with Gasteiger partial charge in [0.15, 0.2) is 0 Å². The van der Waals surface area contributed by atoms with Crippen LogP contribution in [0.4, 0.5) is 0 Å². The average molecular weight is 468 g/mol. The smallest absolute Gasteiger partial charge is 0.263 e. The van der Waals surface area contributed by atoms with Gasteiger partial charge in [-0.05, 0) is 71.1 Å². The Labute approximate surface area is 199 Å². The Kier molecular flexibility index (Phi) is 5.66. The van der Waals surface area contributed by atoms with E-state index in [0.717, 1.165) is 29.5 Å². The number of carbonyl (C=O) groups excluding carboxylic acids is 1. The minimum absolute atomic E-state index is 0.0568. The maximum atomic E-state index is 12.1. The van der Waals surface area contributed by atoms with E-state index in [9.17, 15) is 9.90 Å². The molecule has 32 heavy (non-hydrogen) atoms. The Morgan fingerprint density at radius 2 is 1.69 bits per heavy atom. The largest absolute Gasteiger partial charge is 0.507 e. The molecule has 168 valence electrons. The lowest BCUT2D eigenvalue weighted by molar-refractivity contribution is -0.115. The van der Waals surface area contributed by atoms with Gasteiger partial charge in [0.25, 0.3) is 5.91 Å². The van der Waals surface area contributed by atoms with Crippen molar-refractivity contribution in [2.75, 3.05) is 7.11 Å². The number of hydrogen-bond acceptors (Lipinski definition) is 5. The monoisotopic (exact) mass is 467 g/mol. The van der Waals surface area contributed by atoms with Gasteiger partial charge >= 0.3 is 0 Å². The number of carbonyl (C=O) groups is 1. The lowest BCUT2D eigenvalue weighted by Crippen LogP contribution is -2.34. The number of hydrogen-bond donors (Lipinski definition) is 2. The first kappa shape index (κ1) is 22.9. The molecule has 4 rings (SSSR count). The van der Waals surface area contributed by atoms with E-state index >= 15 is 0 Å². The quantitative estimate of drug-likeness (QED) is 0.415. The molecule has 1 fully saturated rings. The second kappa shape index (κ2) is 7.92. The van der Waals surface area contributed by atoms with Gasteiger partial charge in [0.2, 0.25) is 0 Å². The van der Waals surface area contributed by atoms with Gasteiger partial charge < -0.3 is 15.2 Å². The second-order valence-electron chi connectivity index (χ2n) is 9.94. The van der Waals surface area contributed by atoms with Gasteiger partial charge in [-0.2, -0.15) is 0 Å². The van der Waals surface area contributed by atoms with Gasteiger partial charge in [0.05, 0.1) is 12.0 Å². The highest BCUT2D eigenvalue weighted by Crippen LogP contribution is 2.49. The number of phenolic OH excluding ortho intramolecular Hbond substituents is 1. The van der Waals surface area contributed by atoms with E-state index in [4.69, 9.17) is 17.0 Å². The average Bonchev–Trinajstić information content (AvgIpc) is 3.03. The van der Waals surface area contributed by atoms with E-state index in [1.165, 1.54) is 22.9 Å². The van der Waals surface area contributed by atoms with E-state index in [-0.39, 0.29) is 22.5 Å². The molecule has 2 aromatic rings. The maximum absolute atomic E-state index is 12.1. The SMILES string of the molecule is COc1cc(O)c(/C=C2\SC(=S)NC2=O)cc1-c1cc2c(cc1C)C(C)(C)CCC2(C)C. The molecule has 0 bridgehead atoms. The number of methoxy groups -OCH3 is 1. The molecule has 2 aromatic carbocycles. The summed E-state index contributed by atoms with van der Waals surface area (Å²) in [5.74, 6) is 0.409. The van der Waals surface area contributed by atoms with Gasteiger partial charge in [-0.1, -0.05) is 57.7 Å². The molecule has 0 atom stereocenters. The van der Waals surface area contributed by atoms with Crippen molar-refractivity contribution in [3.63, 3.8) is 0 Å². The summed E-state index contributed by atoms with van der Waals surface area (Å²) in [6.45, 7) is 11.4. The molecule has 0 unspecified atom stereocenters. The number of nitrogens with one attached hydrogen (secondary N) is 1. The summed E-state index contributed by atoms with van der Waals surface area (Å²) in [6.07, 6.45) is 3.97. The molecule has 0 aromatic heterocycles. The van der Waals surface area contributed by atoms with E-state index in [1.54, 1.807) is 19.3 Å². The second-order valence-corrected chi connectivity index (χ2v) is 11.7. The summed E-state index contributed by atoms with van der Waals surface area (Å²) in [4.78, 5) is 12.6. The molecule has 4 nitrogen and oxygen atoms in total. The number of aryl methyl sites for hydroxylation is 1. The first-order valence-corrected chi connectivity index (χ1v) is 12.0. The molecule has 6 heteroatoms. The van der Waals surface area contributed by atoms with Crippen LogP contribution in [0.2, 0.25) is 0 Å². The molecule has 1 heterocycles. The predicted octanol–water partition coefficient (Wildman–Crippen LogP) is 6.21. The van der Waals surface area contributed by atoms with Crippen LogP contribution in [0.1, 0.15) is 62.8 Å². The molecule has 2 N–H and O–H groups in total. The zero-order valence-electron chi connectivity index (χ0n) is 19.4. The fourth-order valence-electron chi connectivity index (χ4n) is 4.66. The topological polar surface area (TPSA) is 58.6 Å². The molecular formula is C26H29NO3S2. The van der Waals surface area contributed by atoms with Gasteiger partial charge in [-0.3, -0.25) is 4.79 Å². The van der Waals surface area contributed by atoms with Gasteiger partial charge in [-0.15, -0.1) is 0 Å². The number of rotatable bonds is 3. The van der Waals surface area contributed by atoms with Crippen LogP contribution in [0.25, 0.3) is 17.2 Å². The Hall–Kier alpha value is -2.31. The summed E-state index contributed by atoms with van der Waals surface area (Å²) in [6, 6.07) is 8.12. The van der Waals surface area contributed by atoms with E-state index < -0.39 is 0 Å². The zero-order chi connectivity index (χ0) is 23.4. The van der Waals surface area contributed by atoms with E-state index in [2.05, 4.69) is 52.1 Å². The van der Waals surface area contributed by atoms with Crippen LogP contribution in [0.5, 0.6) is 11.5 Å². The number of fused-ring (bicyclic) bond motifs is 1. The lowest BCUT2D eigenvalue weighted by Gasteiger charge is -2.42. The molecule has 1 aliphatic heterocycles. The van der Waals surface area contributed by atoms with Crippen molar-refractivity contribution in [3.05, 3.63) is 51.4 Å². The molecule has 1 saturated heterocycles. The van der Waals surface area contributed by atoms with Crippen molar-refractivity contribution in [2.24, 2.45) is 0 Å². The molecule has 0 saturated carbocycles. The summed E-state index contributed by atoms with van der Waals surface area (Å²) in [5, 5.41) is 13.2. The minimum Gasteiger partial charge on any atom is -0.507 e. The number of phenols is 1. The van der Waals surface area contributed by atoms with Crippen molar-refractivity contribution < 1.29 is 14.6 Å². The summed E-state index contributed by atoms with van der Waals surface area (Å²) in [7, 11) is 1.61. The van der Waals surface area contributed by atoms with Crippen molar-refractivity contribution in [1.29, 1.82) is 0 Å². The van der Waals surface area contributed by atoms with Crippen LogP contribution < -0.4 is 10.1 Å². The van der Waals surface area contributed by atoms with Gasteiger partial charge in [-0.25, -0.2) is 0 Å². The van der Waals surface area contributed by atoms with Gasteiger partial charge in [0, 0.05) is 17.2 Å². The molecule has 1 amide bonds. The molecule has 1 aliphatic carbocycles. The fraction of sp³-hybridized carbons (Fsp3) is 0.385. The van der Waals surface area contributed by atoms with Crippen LogP contribution >= 0.6 is 24.0 Å². The first-order chi connectivity index (χ1) is 14.9. The third kappa shape index (κ3) is 3.95. The number of benzene rings is 2. The van der Waals surface area contributed by atoms with Gasteiger partial charge in [0.1, 0.15) is 15.8 Å². The highest BCUT2D eigenvalue weighted by atomic mass is 32.2. The zero-order valence-corrected chi connectivity index (χ0v) is 21.0. The standard InChI is InChI=1S/C26H29NO3S2/c1-14-9-18-19(26(4,5)8-7-25(18,2)3)12-16(14)17-10-15(20(28)13-21(17)30-6)11-22-23(29)27-24(31)32-22/h9-13,28H,7-8H2,1-6H3,(H,27,29,31)/b22-11-. The Bertz CT molecular complexity index is 1180. The third-order valence-corrected chi connectivity index (χ3v) is 7.93. The molecule has 2 aliphatic rings. The van der Waals surface area contributed by atoms with E-state index in [0.29, 0.717) is 20.5 Å². The number of aromatic hydroxyl groups is 1. The summed E-state index contributed by atoms with van der Waals surface area (Å²) >= 11 is 6.29. The van der Waals surface area contributed by atoms with E-state index in [1.807, 2.05) is 6.07 Å². The van der Waals surface area contributed by atoms with Crippen LogP contribution in [-0.2, 0) is 15.6 Å². The summed E-state index contributed by atoms with van der Waals surface area (Å²) < 4.78 is 6.07. The maximum Gasteiger partial charge on any atom is 0.263 e. The van der Waals surface area contributed by atoms with Crippen LogP contribution in [0, 0.1) is 6.92 Å². The third-order valence-electron chi connectivity index (χ3n) is 6.77. The summed E-state index contributed by atoms with van der Waals surface area (Å²) in [5.41, 5.74) is 6.66. The highest BCUT2D eigenvalue weighted by molar-refractivity contribution is 8.26. The highest BCUT2D eigenvalue weighted by Gasteiger charge is 2.37. The number of ether oxygens (including phenoxy) is 1. The van der Waals surface area contributed by atoms with Crippen molar-refractivity contribution in [1.82, 2.24) is 5.32 Å². The molecular weight excluding hydrogens is 438 g/mol. The van der Waals surface area contributed by atoms with Crippen molar-refractivity contribution >= 4 is 40.3 Å². The normalized spacial score (nSPS) is 20.2. The number of thiocarbonyl (C=S) groups is 1. The fourth-order valence-corrected chi connectivity index (χ4v) is 5.69. The minimum atomic E-state index is -0.245. The Balaban J connectivity index is 1.91. The van der Waals surface area contributed by atoms with Crippen LogP contribution in [0.15, 0.2) is 29.2 Å². The number of amides is 1. The first-order valence-electron chi connectivity index (χ1n) is 10.7. The molecule has 0 spiro atoms. The predicted molar refractivity (Wildman–Crippen MR) is 136 cm³/mol. The lowest BCUT2D eigenvalue weighted by atomic mass is 9.62. The van der Waals surface area contributed by atoms with Crippen molar-refractivity contribution in [3.8, 4) is 22.6 Å². The Morgan fingerprint density at radius 3 is 2.25 bits per heavy atom. The van der Waals surface area contributed by atoms with Crippen LogP contribution in [0.3, 0.4) is 0 Å². The van der Waals surface area contributed by atoms with Crippen molar-refractivity contribution in [2.45, 2.75) is 58.3 Å².